The topological polar surface area (TPSA) is 87.7 Å². The van der Waals surface area contributed by atoms with Crippen LogP contribution in [0.4, 0.5) is 5.69 Å². The number of nitrogens with one attached hydrogen (secondary N) is 2. The number of aliphatic hydroxyl groups is 1. The molecule has 2 aromatic rings. The lowest BCUT2D eigenvalue weighted by molar-refractivity contribution is -0.133. The lowest BCUT2D eigenvalue weighted by Gasteiger charge is -2.41. The first-order chi connectivity index (χ1) is 17.9. The maximum Gasteiger partial charge on any atom is 0.230 e. The van der Waals surface area contributed by atoms with Crippen LogP contribution in [0.25, 0.3) is 0 Å². The zero-order valence-electron chi connectivity index (χ0n) is 20.3. The number of aliphatic hydroxyl groups excluding tert-OH is 1. The molecule has 0 aromatic heterocycles. The average Bonchev–Trinajstić information content (AvgIpc) is 3.72. The van der Waals surface area contributed by atoms with E-state index in [0.29, 0.717) is 33.8 Å². The number of ether oxygens (including phenoxy) is 1. The van der Waals surface area contributed by atoms with Crippen LogP contribution in [0.3, 0.4) is 0 Å². The van der Waals surface area contributed by atoms with Crippen molar-refractivity contribution in [2.45, 2.75) is 37.6 Å². The van der Waals surface area contributed by atoms with Crippen molar-refractivity contribution in [1.82, 2.24) is 5.32 Å². The van der Waals surface area contributed by atoms with E-state index in [1.54, 1.807) is 24.3 Å². The minimum Gasteiger partial charge on any atom is -0.491 e. The van der Waals surface area contributed by atoms with Crippen molar-refractivity contribution in [1.29, 1.82) is 0 Å². The summed E-state index contributed by atoms with van der Waals surface area (Å²) in [7, 11) is 0. The average molecular weight is 541 g/mol. The first-order valence-corrected chi connectivity index (χ1v) is 13.4. The number of amides is 2. The van der Waals surface area contributed by atoms with E-state index >= 15 is 0 Å². The molecule has 4 atom stereocenters. The Balaban J connectivity index is 1.56. The van der Waals surface area contributed by atoms with Gasteiger partial charge in [-0.05, 0) is 79.0 Å². The first-order valence-electron chi connectivity index (χ1n) is 12.7. The predicted octanol–water partition coefficient (Wildman–Crippen LogP) is 5.72. The molecule has 6 nitrogen and oxygen atoms in total. The van der Waals surface area contributed by atoms with Gasteiger partial charge >= 0.3 is 0 Å². The minimum absolute atomic E-state index is 0.0745. The van der Waals surface area contributed by atoms with Gasteiger partial charge in [-0.2, -0.15) is 0 Å². The van der Waals surface area contributed by atoms with Gasteiger partial charge in [0.15, 0.2) is 0 Å². The Labute approximate surface area is 226 Å². The molecule has 2 aliphatic carbocycles. The van der Waals surface area contributed by atoms with Crippen LogP contribution in [0.5, 0.6) is 5.75 Å². The molecule has 8 heteroatoms. The van der Waals surface area contributed by atoms with Gasteiger partial charge < -0.3 is 20.5 Å². The zero-order valence-corrected chi connectivity index (χ0v) is 21.8. The van der Waals surface area contributed by atoms with E-state index < -0.39 is 12.0 Å². The van der Waals surface area contributed by atoms with Crippen molar-refractivity contribution >= 4 is 40.7 Å². The fraction of sp³-hybridized carbons (Fsp3) is 0.379. The predicted molar refractivity (Wildman–Crippen MR) is 145 cm³/mol. The van der Waals surface area contributed by atoms with Crippen LogP contribution in [0.1, 0.15) is 48.8 Å². The van der Waals surface area contributed by atoms with Crippen LogP contribution in [0.2, 0.25) is 5.02 Å². The van der Waals surface area contributed by atoms with Gasteiger partial charge in [0.1, 0.15) is 12.4 Å². The lowest BCUT2D eigenvalue weighted by Crippen LogP contribution is -2.50. The van der Waals surface area contributed by atoms with Crippen molar-refractivity contribution in [3.63, 3.8) is 0 Å². The van der Waals surface area contributed by atoms with Crippen LogP contribution in [0.15, 0.2) is 65.7 Å². The minimum atomic E-state index is -0.615. The van der Waals surface area contributed by atoms with E-state index in [1.165, 1.54) is 5.56 Å². The maximum atomic E-state index is 14.0. The summed E-state index contributed by atoms with van der Waals surface area (Å²) >= 11 is 12.6. The molecule has 1 heterocycles. The second kappa shape index (κ2) is 11.3. The van der Waals surface area contributed by atoms with E-state index in [1.807, 2.05) is 30.4 Å². The number of anilines is 1. The number of benzene rings is 2. The van der Waals surface area contributed by atoms with Gasteiger partial charge in [0.05, 0.1) is 18.6 Å². The van der Waals surface area contributed by atoms with Crippen molar-refractivity contribution in [3.05, 3.63) is 81.9 Å². The third-order valence-electron chi connectivity index (χ3n) is 7.34. The summed E-state index contributed by atoms with van der Waals surface area (Å²) in [5.74, 6) is -0.250. The smallest absolute Gasteiger partial charge is 0.230 e. The Hall–Kier alpha value is -2.80. The van der Waals surface area contributed by atoms with Gasteiger partial charge in [-0.3, -0.25) is 9.59 Å². The summed E-state index contributed by atoms with van der Waals surface area (Å²) in [4.78, 5) is 27.1. The number of allylic oxidation sites excluding steroid dienone is 4. The van der Waals surface area contributed by atoms with Crippen molar-refractivity contribution in [3.8, 4) is 5.75 Å². The van der Waals surface area contributed by atoms with Crippen molar-refractivity contribution in [2.24, 2.45) is 17.8 Å². The molecule has 1 aliphatic heterocycles. The molecule has 1 saturated heterocycles. The van der Waals surface area contributed by atoms with Crippen LogP contribution in [-0.4, -0.2) is 30.1 Å². The van der Waals surface area contributed by atoms with Gasteiger partial charge in [-0.15, -0.1) is 0 Å². The lowest BCUT2D eigenvalue weighted by atomic mass is 9.69. The molecule has 2 aromatic carbocycles. The Morgan fingerprint density at radius 1 is 1.14 bits per heavy atom. The summed E-state index contributed by atoms with van der Waals surface area (Å²) in [6.45, 7) is -0.0230. The second-order valence-electron chi connectivity index (χ2n) is 9.95. The molecule has 194 valence electrons. The highest BCUT2D eigenvalue weighted by Crippen LogP contribution is 2.47. The fourth-order valence-corrected chi connectivity index (χ4v) is 5.90. The third-order valence-corrected chi connectivity index (χ3v) is 7.85. The molecule has 5 rings (SSSR count). The van der Waals surface area contributed by atoms with E-state index in [4.69, 9.17) is 27.9 Å². The number of halogens is 2. The molecule has 2 fully saturated rings. The van der Waals surface area contributed by atoms with E-state index in [9.17, 15) is 14.7 Å². The van der Waals surface area contributed by atoms with Gasteiger partial charge in [0.25, 0.3) is 0 Å². The van der Waals surface area contributed by atoms with E-state index in [-0.39, 0.29) is 43.3 Å². The summed E-state index contributed by atoms with van der Waals surface area (Å²) in [6.07, 6.45) is 8.79. The molecular formula is C29H30Cl2N2O4. The number of carbonyl (C=O) groups is 2. The van der Waals surface area contributed by atoms with E-state index in [2.05, 4.69) is 16.7 Å². The normalized spacial score (nSPS) is 25.3. The third kappa shape index (κ3) is 6.03. The van der Waals surface area contributed by atoms with Gasteiger partial charge in [-0.1, -0.05) is 47.5 Å². The molecule has 1 unspecified atom stereocenters. The molecule has 0 spiro atoms. The second-order valence-corrected chi connectivity index (χ2v) is 10.9. The summed E-state index contributed by atoms with van der Waals surface area (Å²) < 4.78 is 5.90. The number of hydrogen-bond donors (Lipinski definition) is 3. The summed E-state index contributed by atoms with van der Waals surface area (Å²) in [5, 5.41) is 16.8. The highest BCUT2D eigenvalue weighted by Gasteiger charge is 2.46. The maximum absolute atomic E-state index is 14.0. The summed E-state index contributed by atoms with van der Waals surface area (Å²) in [6, 6.07) is 12.4. The largest absolute Gasteiger partial charge is 0.491 e. The number of rotatable bonds is 8. The van der Waals surface area contributed by atoms with Crippen LogP contribution >= 0.6 is 23.2 Å². The zero-order chi connectivity index (χ0) is 25.9. The molecule has 2 amide bonds. The SMILES string of the molecule is O=C1C[C@@H](C2C=CC=C(Cl)C2)[C@H](C(=O)Nc2cccc(Cl)c2)[C@@H](c2cc(C3CC3)ccc2OCCO)N1. The van der Waals surface area contributed by atoms with Crippen LogP contribution < -0.4 is 15.4 Å². The van der Waals surface area contributed by atoms with Gasteiger partial charge in [0, 0.05) is 27.7 Å². The monoisotopic (exact) mass is 540 g/mol. The van der Waals surface area contributed by atoms with Crippen molar-refractivity contribution in [2.75, 3.05) is 18.5 Å². The highest BCUT2D eigenvalue weighted by atomic mass is 35.5. The Bertz CT molecular complexity index is 1240. The number of carbonyl (C=O) groups excluding carboxylic acids is 2. The molecule has 37 heavy (non-hydrogen) atoms. The first kappa shape index (κ1) is 25.8. The number of piperidine rings is 1. The summed E-state index contributed by atoms with van der Waals surface area (Å²) in [5.41, 5.74) is 2.51. The fourth-order valence-electron chi connectivity index (χ4n) is 5.46. The molecule has 0 radical (unpaired) electrons. The molecular weight excluding hydrogens is 511 g/mol. The highest BCUT2D eigenvalue weighted by molar-refractivity contribution is 6.31. The quantitative estimate of drug-likeness (QED) is 0.399. The Morgan fingerprint density at radius 2 is 1.97 bits per heavy atom. The van der Waals surface area contributed by atoms with E-state index in [0.717, 1.165) is 18.4 Å². The number of hydrogen-bond acceptors (Lipinski definition) is 4. The van der Waals surface area contributed by atoms with Gasteiger partial charge in [0.2, 0.25) is 11.8 Å². The Kier molecular flexibility index (Phi) is 7.89. The van der Waals surface area contributed by atoms with Crippen LogP contribution in [-0.2, 0) is 9.59 Å². The van der Waals surface area contributed by atoms with Crippen molar-refractivity contribution < 1.29 is 19.4 Å². The van der Waals surface area contributed by atoms with Crippen LogP contribution in [0, 0.1) is 17.8 Å². The molecule has 1 saturated carbocycles. The molecule has 3 N–H and O–H groups in total. The standard InChI is InChI=1S/C29H30Cl2N2O4/c30-20-4-1-3-19(13-20)23-16-26(35)33-28(27(23)29(36)32-22-6-2-5-21(31)15-22)24-14-18(17-7-8-17)9-10-25(24)37-12-11-34/h1-6,9-10,14-15,17,19,23,27-28,34H,7-8,11-13,16H2,(H,32,36)(H,33,35)/t19?,23-,27-,28+/m0/s1. The molecule has 0 bridgehead atoms. The Morgan fingerprint density at radius 3 is 2.70 bits per heavy atom. The molecule has 3 aliphatic rings. The van der Waals surface area contributed by atoms with Gasteiger partial charge in [-0.25, -0.2) is 0 Å².